The summed E-state index contributed by atoms with van der Waals surface area (Å²) in [4.78, 5) is 45.3. The van der Waals surface area contributed by atoms with E-state index >= 15 is 0 Å². The minimum absolute atomic E-state index is 0.166. The number of amides is 3. The molecule has 41 heavy (non-hydrogen) atoms. The van der Waals surface area contributed by atoms with Gasteiger partial charge in [-0.1, -0.05) is 12.1 Å². The standard InChI is InChI=1S/C31H32N4O6/c1-19-8-9-32-14-26(19)31(38)35-15-27-28(16-35)41-23-6-4-20(5-7-23)13-33-29(36)18-40-25-11-22(30(37)34-27)10-24(12-25)39-17-21-2-3-21/h4-12,14,21,27-28H,2-3,13,15-18H2,1H3,(H,33,36)(H,34,37)/t27-,28-/m0/s1. The number of benzene rings is 2. The van der Waals surface area contributed by atoms with Crippen molar-refractivity contribution in [2.45, 2.75) is 38.5 Å². The third-order valence-corrected chi connectivity index (χ3v) is 7.53. The zero-order valence-electron chi connectivity index (χ0n) is 22.8. The Balaban J connectivity index is 1.29. The summed E-state index contributed by atoms with van der Waals surface area (Å²) in [6, 6.07) is 13.6. The van der Waals surface area contributed by atoms with Crippen LogP contribution in [-0.4, -0.2) is 66.1 Å². The van der Waals surface area contributed by atoms with Crippen molar-refractivity contribution < 1.29 is 28.6 Å². The molecule has 3 aromatic rings. The molecule has 2 atom stereocenters. The molecule has 3 aliphatic heterocycles. The highest BCUT2D eigenvalue weighted by Gasteiger charge is 2.39. The lowest BCUT2D eigenvalue weighted by atomic mass is 10.1. The molecule has 4 aliphatic rings. The first-order chi connectivity index (χ1) is 19.9. The van der Waals surface area contributed by atoms with E-state index < -0.39 is 12.1 Å². The van der Waals surface area contributed by atoms with Crippen molar-refractivity contribution in [1.29, 1.82) is 0 Å². The molecular formula is C31H32N4O6. The van der Waals surface area contributed by atoms with Crippen LogP contribution in [0, 0.1) is 12.8 Å². The highest BCUT2D eigenvalue weighted by Crippen LogP contribution is 2.31. The molecule has 1 saturated heterocycles. The van der Waals surface area contributed by atoms with Crippen molar-refractivity contribution in [1.82, 2.24) is 20.5 Å². The summed E-state index contributed by atoms with van der Waals surface area (Å²) in [7, 11) is 0. The zero-order chi connectivity index (χ0) is 28.3. The second kappa shape index (κ2) is 11.5. The van der Waals surface area contributed by atoms with Gasteiger partial charge in [0.15, 0.2) is 6.61 Å². The highest BCUT2D eigenvalue weighted by molar-refractivity contribution is 5.97. The van der Waals surface area contributed by atoms with Crippen molar-refractivity contribution in [3.05, 3.63) is 83.2 Å². The Morgan fingerprint density at radius 2 is 1.90 bits per heavy atom. The van der Waals surface area contributed by atoms with Gasteiger partial charge in [0.1, 0.15) is 23.4 Å². The van der Waals surface area contributed by atoms with Crippen molar-refractivity contribution in [2.75, 3.05) is 26.3 Å². The molecule has 10 nitrogen and oxygen atoms in total. The number of fused-ring (bicyclic) bond motifs is 7. The third-order valence-electron chi connectivity index (χ3n) is 7.53. The molecule has 3 amide bonds. The van der Waals surface area contributed by atoms with Gasteiger partial charge in [0.2, 0.25) is 0 Å². The van der Waals surface area contributed by atoms with E-state index in [-0.39, 0.29) is 37.4 Å². The van der Waals surface area contributed by atoms with Gasteiger partial charge in [0.25, 0.3) is 17.7 Å². The summed E-state index contributed by atoms with van der Waals surface area (Å²) in [6.07, 6.45) is 4.98. The van der Waals surface area contributed by atoms with Gasteiger partial charge in [-0.3, -0.25) is 19.4 Å². The van der Waals surface area contributed by atoms with Gasteiger partial charge in [-0.15, -0.1) is 0 Å². The quantitative estimate of drug-likeness (QED) is 0.507. The molecule has 2 N–H and O–H groups in total. The number of rotatable bonds is 4. The number of aromatic nitrogens is 1. The van der Waals surface area contributed by atoms with E-state index in [4.69, 9.17) is 14.2 Å². The first-order valence-electron chi connectivity index (χ1n) is 13.8. The molecule has 1 aromatic heterocycles. The lowest BCUT2D eigenvalue weighted by Crippen LogP contribution is -2.45. The summed E-state index contributed by atoms with van der Waals surface area (Å²) < 4.78 is 18.0. The van der Waals surface area contributed by atoms with E-state index in [0.717, 1.165) is 24.0 Å². The fourth-order valence-electron chi connectivity index (χ4n) is 4.94. The van der Waals surface area contributed by atoms with Gasteiger partial charge >= 0.3 is 0 Å². The summed E-state index contributed by atoms with van der Waals surface area (Å²) >= 11 is 0. The second-order valence-electron chi connectivity index (χ2n) is 10.8. The molecule has 0 spiro atoms. The number of hydrogen-bond acceptors (Lipinski definition) is 7. The molecule has 4 bridgehead atoms. The second-order valence-corrected chi connectivity index (χ2v) is 10.8. The molecule has 0 radical (unpaired) electrons. The van der Waals surface area contributed by atoms with E-state index in [2.05, 4.69) is 15.6 Å². The lowest BCUT2D eigenvalue weighted by molar-refractivity contribution is -0.123. The smallest absolute Gasteiger partial charge is 0.258 e. The maximum absolute atomic E-state index is 13.6. The lowest BCUT2D eigenvalue weighted by Gasteiger charge is -2.21. The zero-order valence-corrected chi connectivity index (χ0v) is 22.8. The van der Waals surface area contributed by atoms with Crippen LogP contribution in [-0.2, 0) is 11.3 Å². The van der Waals surface area contributed by atoms with Crippen LogP contribution in [0.25, 0.3) is 0 Å². The number of carbonyl (C=O) groups is 3. The summed E-state index contributed by atoms with van der Waals surface area (Å²) in [5.41, 5.74) is 2.57. The molecule has 2 fully saturated rings. The van der Waals surface area contributed by atoms with Gasteiger partial charge < -0.3 is 29.7 Å². The average molecular weight is 557 g/mol. The van der Waals surface area contributed by atoms with E-state index in [9.17, 15) is 14.4 Å². The summed E-state index contributed by atoms with van der Waals surface area (Å²) in [5, 5.41) is 5.92. The number of hydrogen-bond donors (Lipinski definition) is 2. The molecule has 1 saturated carbocycles. The molecule has 2 aromatic carbocycles. The Hall–Kier alpha value is -4.60. The topological polar surface area (TPSA) is 119 Å². The Morgan fingerprint density at radius 1 is 1.07 bits per heavy atom. The predicted octanol–water partition coefficient (Wildman–Crippen LogP) is 2.89. The van der Waals surface area contributed by atoms with E-state index in [1.165, 1.54) is 0 Å². The van der Waals surface area contributed by atoms with Gasteiger partial charge in [-0.2, -0.15) is 0 Å². The van der Waals surface area contributed by atoms with E-state index in [1.807, 2.05) is 31.2 Å². The summed E-state index contributed by atoms with van der Waals surface area (Å²) in [5.74, 6) is 1.16. The first kappa shape index (κ1) is 26.6. The van der Waals surface area contributed by atoms with Crippen LogP contribution < -0.4 is 24.8 Å². The fourth-order valence-corrected chi connectivity index (χ4v) is 4.94. The third kappa shape index (κ3) is 6.42. The van der Waals surface area contributed by atoms with Gasteiger partial charge in [0.05, 0.1) is 24.8 Å². The minimum atomic E-state index is -0.494. The van der Waals surface area contributed by atoms with Crippen LogP contribution in [0.15, 0.2) is 60.9 Å². The Kier molecular flexibility index (Phi) is 7.45. The monoisotopic (exact) mass is 556 g/mol. The van der Waals surface area contributed by atoms with Crippen LogP contribution in [0.1, 0.15) is 44.7 Å². The Morgan fingerprint density at radius 3 is 2.68 bits per heavy atom. The predicted molar refractivity (Wildman–Crippen MR) is 149 cm³/mol. The number of ether oxygens (including phenoxy) is 3. The van der Waals surface area contributed by atoms with Crippen LogP contribution >= 0.6 is 0 Å². The average Bonchev–Trinajstić information content (AvgIpc) is 3.74. The molecule has 1 aliphatic carbocycles. The van der Waals surface area contributed by atoms with E-state index in [1.54, 1.807) is 41.6 Å². The fraction of sp³-hybridized carbons (Fsp3) is 0.355. The highest BCUT2D eigenvalue weighted by atomic mass is 16.5. The Bertz CT molecular complexity index is 1460. The summed E-state index contributed by atoms with van der Waals surface area (Å²) in [6.45, 7) is 3.11. The molecule has 7 rings (SSSR count). The number of nitrogens with one attached hydrogen (secondary N) is 2. The van der Waals surface area contributed by atoms with Crippen molar-refractivity contribution in [3.8, 4) is 17.2 Å². The van der Waals surface area contributed by atoms with E-state index in [0.29, 0.717) is 47.4 Å². The minimum Gasteiger partial charge on any atom is -0.493 e. The number of aryl methyl sites for hydroxylation is 1. The van der Waals surface area contributed by atoms with Crippen molar-refractivity contribution in [2.24, 2.45) is 5.92 Å². The molecule has 4 heterocycles. The van der Waals surface area contributed by atoms with Gasteiger partial charge in [0, 0.05) is 37.1 Å². The van der Waals surface area contributed by atoms with Crippen molar-refractivity contribution in [3.63, 3.8) is 0 Å². The SMILES string of the molecule is Cc1ccncc1C(=O)N1C[C@@H]2NC(=O)c3cc(cc(OCC4CC4)c3)OCC(=O)NCc3ccc(cc3)O[C@H]2C1. The van der Waals surface area contributed by atoms with Crippen LogP contribution in [0.2, 0.25) is 0 Å². The van der Waals surface area contributed by atoms with Gasteiger partial charge in [-0.25, -0.2) is 0 Å². The van der Waals surface area contributed by atoms with Crippen LogP contribution in [0.4, 0.5) is 0 Å². The largest absolute Gasteiger partial charge is 0.493 e. The molecular weight excluding hydrogens is 524 g/mol. The van der Waals surface area contributed by atoms with Gasteiger partial charge in [-0.05, 0) is 67.1 Å². The number of pyridine rings is 1. The number of carbonyl (C=O) groups excluding carboxylic acids is 3. The molecule has 0 unspecified atom stereocenters. The number of likely N-dealkylation sites (tertiary alicyclic amines) is 1. The van der Waals surface area contributed by atoms with Crippen LogP contribution in [0.5, 0.6) is 17.2 Å². The van der Waals surface area contributed by atoms with Crippen LogP contribution in [0.3, 0.4) is 0 Å². The first-order valence-corrected chi connectivity index (χ1v) is 13.8. The maximum Gasteiger partial charge on any atom is 0.258 e. The number of nitrogens with zero attached hydrogens (tertiary/aromatic N) is 2. The molecule has 212 valence electrons. The van der Waals surface area contributed by atoms with Crippen molar-refractivity contribution >= 4 is 17.7 Å². The Labute approximate surface area is 238 Å². The normalized spacial score (nSPS) is 20.7. The molecule has 10 heteroatoms. The maximum atomic E-state index is 13.6.